The van der Waals surface area contributed by atoms with Crippen LogP contribution in [0.1, 0.15) is 41.6 Å². The van der Waals surface area contributed by atoms with Crippen LogP contribution in [0.25, 0.3) is 10.9 Å². The third-order valence-electron chi connectivity index (χ3n) is 5.67. The summed E-state index contributed by atoms with van der Waals surface area (Å²) in [5.41, 5.74) is 2.68. The molecule has 1 N–H and O–H groups in total. The smallest absolute Gasteiger partial charge is 0.254 e. The lowest BCUT2D eigenvalue weighted by Gasteiger charge is -2.34. The first-order valence-corrected chi connectivity index (χ1v) is 11.6. The summed E-state index contributed by atoms with van der Waals surface area (Å²) in [5, 5.41) is 5.47. The van der Waals surface area contributed by atoms with Crippen LogP contribution in [0.3, 0.4) is 0 Å². The Kier molecular flexibility index (Phi) is 5.19. The second-order valence-corrected chi connectivity index (χ2v) is 9.89. The quantitative estimate of drug-likeness (QED) is 0.690. The largest absolute Gasteiger partial charge is 0.361 e. The Labute approximate surface area is 176 Å². The highest BCUT2D eigenvalue weighted by atomic mass is 32.2. The zero-order chi connectivity index (χ0) is 21.6. The molecule has 0 radical (unpaired) electrons. The van der Waals surface area contributed by atoms with Gasteiger partial charge in [0.05, 0.1) is 11.4 Å². The molecule has 0 aliphatic carbocycles. The summed E-state index contributed by atoms with van der Waals surface area (Å²) in [6.45, 7) is 8.73. The monoisotopic (exact) mass is 429 g/mol. The minimum absolute atomic E-state index is 0.0801. The summed E-state index contributed by atoms with van der Waals surface area (Å²) >= 11 is 0. The van der Waals surface area contributed by atoms with Crippen LogP contribution in [0.5, 0.6) is 0 Å². The lowest BCUT2D eigenvalue weighted by molar-refractivity contribution is 0.0698. The number of nitrogens with one attached hydrogen (secondary N) is 1. The summed E-state index contributed by atoms with van der Waals surface area (Å²) in [6, 6.07) is 7.61. The predicted molar refractivity (Wildman–Crippen MR) is 115 cm³/mol. The first-order valence-electron chi connectivity index (χ1n) is 10.1. The molecule has 1 saturated heterocycles. The molecule has 8 nitrogen and oxygen atoms in total. The SMILES string of the molecule is Cc1nn(C(C)C)c(C)c1S(=O)(=O)N1CCN(C(=O)c2ccc3cc[nH]c3c2)CC1. The van der Waals surface area contributed by atoms with Crippen LogP contribution in [-0.2, 0) is 10.0 Å². The molecule has 1 aliphatic heterocycles. The molecule has 9 heteroatoms. The van der Waals surface area contributed by atoms with E-state index in [1.807, 2.05) is 44.3 Å². The number of hydrogen-bond acceptors (Lipinski definition) is 4. The van der Waals surface area contributed by atoms with Gasteiger partial charge >= 0.3 is 0 Å². The molecule has 0 atom stereocenters. The van der Waals surface area contributed by atoms with E-state index >= 15 is 0 Å². The highest BCUT2D eigenvalue weighted by Crippen LogP contribution is 2.26. The maximum atomic E-state index is 13.3. The topological polar surface area (TPSA) is 91.3 Å². The molecule has 1 aliphatic rings. The summed E-state index contributed by atoms with van der Waals surface area (Å²) in [7, 11) is -3.66. The fraction of sp³-hybridized carbons (Fsp3) is 0.429. The Bertz CT molecular complexity index is 1200. The molecular formula is C21H27N5O3S. The minimum Gasteiger partial charge on any atom is -0.361 e. The third-order valence-corrected chi connectivity index (χ3v) is 7.83. The van der Waals surface area contributed by atoms with E-state index in [1.54, 1.807) is 23.4 Å². The van der Waals surface area contributed by atoms with Crippen molar-refractivity contribution in [1.29, 1.82) is 0 Å². The van der Waals surface area contributed by atoms with Gasteiger partial charge in [0, 0.05) is 49.5 Å². The number of nitrogens with zero attached hydrogens (tertiary/aromatic N) is 4. The van der Waals surface area contributed by atoms with Crippen LogP contribution in [0, 0.1) is 13.8 Å². The number of carbonyl (C=O) groups excluding carboxylic acids is 1. The van der Waals surface area contributed by atoms with Crippen molar-refractivity contribution in [1.82, 2.24) is 24.0 Å². The molecule has 3 aromatic rings. The van der Waals surface area contributed by atoms with Crippen molar-refractivity contribution in [2.75, 3.05) is 26.2 Å². The number of rotatable bonds is 4. The van der Waals surface area contributed by atoms with Crippen LogP contribution < -0.4 is 0 Å². The van der Waals surface area contributed by atoms with E-state index in [0.717, 1.165) is 10.9 Å². The standard InChI is InChI=1S/C21H27N5O3S/c1-14(2)26-16(4)20(15(3)23-26)30(28,29)25-11-9-24(10-12-25)21(27)18-6-5-17-7-8-22-19(17)13-18/h5-8,13-14,22H,9-12H2,1-4H3. The van der Waals surface area contributed by atoms with E-state index in [2.05, 4.69) is 10.1 Å². The first kappa shape index (κ1) is 20.6. The van der Waals surface area contributed by atoms with Crippen molar-refractivity contribution in [3.05, 3.63) is 47.4 Å². The van der Waals surface area contributed by atoms with Crippen LogP contribution in [-0.4, -0.2) is 64.5 Å². The van der Waals surface area contributed by atoms with Gasteiger partial charge in [0.15, 0.2) is 0 Å². The zero-order valence-electron chi connectivity index (χ0n) is 17.7. The highest BCUT2D eigenvalue weighted by molar-refractivity contribution is 7.89. The minimum atomic E-state index is -3.66. The predicted octanol–water partition coefficient (Wildman–Crippen LogP) is 2.71. The van der Waals surface area contributed by atoms with Gasteiger partial charge in [-0.1, -0.05) is 6.07 Å². The average molecular weight is 430 g/mol. The molecule has 0 bridgehead atoms. The Morgan fingerprint density at radius 2 is 1.80 bits per heavy atom. The van der Waals surface area contributed by atoms with E-state index in [9.17, 15) is 13.2 Å². The van der Waals surface area contributed by atoms with Gasteiger partial charge in [0.1, 0.15) is 4.90 Å². The molecular weight excluding hydrogens is 402 g/mol. The van der Waals surface area contributed by atoms with Crippen molar-refractivity contribution in [2.45, 2.75) is 38.6 Å². The molecule has 1 aromatic carbocycles. The molecule has 0 unspecified atom stereocenters. The molecule has 2 aromatic heterocycles. The maximum Gasteiger partial charge on any atom is 0.254 e. The van der Waals surface area contributed by atoms with Crippen LogP contribution in [0.2, 0.25) is 0 Å². The van der Waals surface area contributed by atoms with Gasteiger partial charge < -0.3 is 9.88 Å². The summed E-state index contributed by atoms with van der Waals surface area (Å²) in [5.74, 6) is -0.0801. The number of hydrogen-bond donors (Lipinski definition) is 1. The number of amides is 1. The van der Waals surface area contributed by atoms with Crippen molar-refractivity contribution >= 4 is 26.8 Å². The normalized spacial score (nSPS) is 16.0. The number of aromatic nitrogens is 3. The molecule has 30 heavy (non-hydrogen) atoms. The molecule has 1 fully saturated rings. The van der Waals surface area contributed by atoms with Crippen LogP contribution in [0.4, 0.5) is 0 Å². The lowest BCUT2D eigenvalue weighted by Crippen LogP contribution is -2.50. The first-order chi connectivity index (χ1) is 14.2. The van der Waals surface area contributed by atoms with Gasteiger partial charge in [0.25, 0.3) is 5.91 Å². The Morgan fingerprint density at radius 1 is 1.10 bits per heavy atom. The third kappa shape index (κ3) is 3.41. The molecule has 3 heterocycles. The Hall–Kier alpha value is -2.65. The van der Waals surface area contributed by atoms with E-state index in [-0.39, 0.29) is 29.9 Å². The van der Waals surface area contributed by atoms with Gasteiger partial charge in [-0.05, 0) is 51.3 Å². The highest BCUT2D eigenvalue weighted by Gasteiger charge is 2.34. The van der Waals surface area contributed by atoms with Crippen LogP contribution in [0.15, 0.2) is 35.4 Å². The molecule has 0 spiro atoms. The fourth-order valence-corrected chi connectivity index (χ4v) is 5.93. The summed E-state index contributed by atoms with van der Waals surface area (Å²) in [4.78, 5) is 18.0. The molecule has 1 amide bonds. The zero-order valence-corrected chi connectivity index (χ0v) is 18.5. The van der Waals surface area contributed by atoms with Gasteiger partial charge in [-0.2, -0.15) is 9.40 Å². The van der Waals surface area contributed by atoms with Crippen molar-refractivity contribution < 1.29 is 13.2 Å². The van der Waals surface area contributed by atoms with Crippen molar-refractivity contribution in [2.24, 2.45) is 0 Å². The van der Waals surface area contributed by atoms with E-state index < -0.39 is 10.0 Å². The van der Waals surface area contributed by atoms with E-state index in [1.165, 1.54) is 4.31 Å². The Balaban J connectivity index is 1.50. The van der Waals surface area contributed by atoms with E-state index in [4.69, 9.17) is 0 Å². The summed E-state index contributed by atoms with van der Waals surface area (Å²) in [6.07, 6.45) is 1.84. The van der Waals surface area contributed by atoms with Gasteiger partial charge in [0.2, 0.25) is 10.0 Å². The number of piperazine rings is 1. The average Bonchev–Trinajstić information content (AvgIpc) is 3.30. The molecule has 4 rings (SSSR count). The number of benzene rings is 1. The van der Waals surface area contributed by atoms with Crippen molar-refractivity contribution in [3.8, 4) is 0 Å². The molecule has 0 saturated carbocycles. The number of sulfonamides is 1. The Morgan fingerprint density at radius 3 is 2.43 bits per heavy atom. The van der Waals surface area contributed by atoms with E-state index in [0.29, 0.717) is 30.0 Å². The lowest BCUT2D eigenvalue weighted by atomic mass is 10.1. The second-order valence-electron chi connectivity index (χ2n) is 8.01. The number of aromatic amines is 1. The van der Waals surface area contributed by atoms with Crippen molar-refractivity contribution in [3.63, 3.8) is 0 Å². The number of fused-ring (bicyclic) bond motifs is 1. The van der Waals surface area contributed by atoms with Gasteiger partial charge in [-0.15, -0.1) is 0 Å². The number of H-pyrrole nitrogens is 1. The van der Waals surface area contributed by atoms with Gasteiger partial charge in [-0.25, -0.2) is 8.42 Å². The van der Waals surface area contributed by atoms with Gasteiger partial charge in [-0.3, -0.25) is 9.48 Å². The fourth-order valence-electron chi connectivity index (χ4n) is 4.15. The second kappa shape index (κ2) is 7.55. The summed E-state index contributed by atoms with van der Waals surface area (Å²) < 4.78 is 29.8. The maximum absolute atomic E-state index is 13.3. The number of carbonyl (C=O) groups is 1. The van der Waals surface area contributed by atoms with Crippen LogP contribution >= 0.6 is 0 Å². The number of aryl methyl sites for hydroxylation is 1. The molecule has 160 valence electrons.